The van der Waals surface area contributed by atoms with Crippen molar-refractivity contribution in [1.82, 2.24) is 9.99 Å². The van der Waals surface area contributed by atoms with Gasteiger partial charge in [0.25, 0.3) is 0 Å². The Kier molecular flexibility index (Phi) is 6.50. The fraction of sp³-hybridized carbons (Fsp3) is 0.182. The van der Waals surface area contributed by atoms with Crippen LogP contribution in [0, 0.1) is 0 Å². The number of nitrogens with one attached hydrogen (secondary N) is 1. The van der Waals surface area contributed by atoms with E-state index >= 15 is 0 Å². The number of hydrazone groups is 1. The van der Waals surface area contributed by atoms with Crippen molar-refractivity contribution in [3.63, 3.8) is 0 Å². The summed E-state index contributed by atoms with van der Waals surface area (Å²) in [4.78, 5) is 11.4. The molecule has 164 valence electrons. The zero-order chi connectivity index (χ0) is 22.8. The van der Waals surface area contributed by atoms with Crippen molar-refractivity contribution >= 4 is 69.8 Å². The lowest BCUT2D eigenvalue weighted by atomic mass is 10.0. The number of aromatic hydroxyl groups is 1. The van der Waals surface area contributed by atoms with Gasteiger partial charge in [-0.3, -0.25) is 4.79 Å². The summed E-state index contributed by atoms with van der Waals surface area (Å²) in [6, 6.07) is 8.89. The molecule has 0 saturated carbocycles. The number of hydrogen-bond acceptors (Lipinski definition) is 5. The Morgan fingerprint density at radius 1 is 1.09 bits per heavy atom. The molecule has 32 heavy (non-hydrogen) atoms. The standard InChI is InChI=1S/C22H18Cl3N5O2/c1-2-30-20-7-12(19-5-6-21(31)29-28-19)3-4-14(20)15(22(30)32)10-26-27-11-16-17(24)8-13(23)9-18(16)25/h3-4,7-11,32H,2,5-6H2,1H3,(H,29,31)/b26-10+,27-11+. The molecule has 0 atom stereocenters. The summed E-state index contributed by atoms with van der Waals surface area (Å²) >= 11 is 18.2. The zero-order valence-electron chi connectivity index (χ0n) is 16.9. The molecule has 0 radical (unpaired) electrons. The molecule has 0 spiro atoms. The van der Waals surface area contributed by atoms with Crippen molar-refractivity contribution in [3.8, 4) is 5.88 Å². The van der Waals surface area contributed by atoms with Crippen LogP contribution in [0.2, 0.25) is 15.1 Å². The van der Waals surface area contributed by atoms with Gasteiger partial charge >= 0.3 is 0 Å². The van der Waals surface area contributed by atoms with E-state index in [1.165, 1.54) is 12.4 Å². The second-order valence-corrected chi connectivity index (χ2v) is 8.33. The van der Waals surface area contributed by atoms with Crippen molar-refractivity contribution in [3.05, 3.63) is 62.1 Å². The van der Waals surface area contributed by atoms with Crippen LogP contribution in [-0.2, 0) is 11.3 Å². The van der Waals surface area contributed by atoms with Gasteiger partial charge in [0.05, 0.1) is 39.3 Å². The zero-order valence-corrected chi connectivity index (χ0v) is 19.2. The lowest BCUT2D eigenvalue weighted by molar-refractivity contribution is -0.121. The van der Waals surface area contributed by atoms with E-state index in [0.717, 1.165) is 22.2 Å². The first kappa shape index (κ1) is 22.3. The number of carbonyl (C=O) groups is 1. The SMILES string of the molecule is CCn1c(O)c(/C=N/N=C/c2c(Cl)cc(Cl)cc2Cl)c2ccc(C3=NNC(=O)CC3)cc21. The van der Waals surface area contributed by atoms with Gasteiger partial charge in [0.1, 0.15) is 0 Å². The predicted molar refractivity (Wildman–Crippen MR) is 130 cm³/mol. The molecule has 0 fully saturated rings. The molecular formula is C22H18Cl3N5O2. The van der Waals surface area contributed by atoms with Crippen LogP contribution < -0.4 is 5.43 Å². The molecule has 10 heteroatoms. The Morgan fingerprint density at radius 2 is 1.78 bits per heavy atom. The molecule has 1 aromatic heterocycles. The molecule has 2 heterocycles. The van der Waals surface area contributed by atoms with Crippen molar-refractivity contribution in [2.75, 3.05) is 0 Å². The molecule has 0 bridgehead atoms. The summed E-state index contributed by atoms with van der Waals surface area (Å²) in [7, 11) is 0. The number of aryl methyl sites for hydroxylation is 1. The minimum Gasteiger partial charge on any atom is -0.494 e. The van der Waals surface area contributed by atoms with Crippen molar-refractivity contribution in [1.29, 1.82) is 0 Å². The van der Waals surface area contributed by atoms with Gasteiger partial charge in [-0.05, 0) is 30.7 Å². The third kappa shape index (κ3) is 4.37. The Morgan fingerprint density at radius 3 is 2.41 bits per heavy atom. The maximum atomic E-state index is 11.4. The number of carbonyl (C=O) groups excluding carboxylic acids is 1. The highest BCUT2D eigenvalue weighted by Crippen LogP contribution is 2.32. The molecule has 1 amide bonds. The lowest BCUT2D eigenvalue weighted by Gasteiger charge is -2.12. The third-order valence-corrected chi connectivity index (χ3v) is 5.96. The highest BCUT2D eigenvalue weighted by Gasteiger charge is 2.18. The maximum Gasteiger partial charge on any atom is 0.240 e. The predicted octanol–water partition coefficient (Wildman–Crippen LogP) is 5.39. The van der Waals surface area contributed by atoms with Gasteiger partial charge in [-0.25, -0.2) is 5.43 Å². The molecule has 0 saturated heterocycles. The van der Waals surface area contributed by atoms with E-state index in [2.05, 4.69) is 20.7 Å². The Balaban J connectivity index is 1.67. The van der Waals surface area contributed by atoms with Crippen LogP contribution >= 0.6 is 34.8 Å². The van der Waals surface area contributed by atoms with E-state index in [9.17, 15) is 9.90 Å². The third-order valence-electron chi connectivity index (χ3n) is 5.11. The highest BCUT2D eigenvalue weighted by molar-refractivity contribution is 6.41. The average molecular weight is 491 g/mol. The molecule has 1 aliphatic heterocycles. The van der Waals surface area contributed by atoms with Gasteiger partial charge in [-0.1, -0.05) is 46.9 Å². The fourth-order valence-electron chi connectivity index (χ4n) is 3.53. The number of halogens is 3. The largest absolute Gasteiger partial charge is 0.494 e. The molecule has 4 rings (SSSR count). The van der Waals surface area contributed by atoms with Gasteiger partial charge < -0.3 is 9.67 Å². The first-order chi connectivity index (χ1) is 15.4. The number of aromatic nitrogens is 1. The summed E-state index contributed by atoms with van der Waals surface area (Å²) in [5, 5.41) is 25.0. The van der Waals surface area contributed by atoms with Gasteiger partial charge in [0, 0.05) is 35.4 Å². The molecule has 0 unspecified atom stereocenters. The lowest BCUT2D eigenvalue weighted by Crippen LogP contribution is -2.25. The van der Waals surface area contributed by atoms with Crippen molar-refractivity contribution < 1.29 is 9.90 Å². The highest BCUT2D eigenvalue weighted by atomic mass is 35.5. The van der Waals surface area contributed by atoms with E-state index in [1.807, 2.05) is 25.1 Å². The maximum absolute atomic E-state index is 11.4. The van der Waals surface area contributed by atoms with Crippen LogP contribution in [0.4, 0.5) is 0 Å². The molecule has 7 nitrogen and oxygen atoms in total. The first-order valence-electron chi connectivity index (χ1n) is 9.81. The fourth-order valence-corrected chi connectivity index (χ4v) is 4.45. The van der Waals surface area contributed by atoms with Crippen LogP contribution in [0.15, 0.2) is 45.6 Å². The quantitative estimate of drug-likeness (QED) is 0.370. The molecule has 0 aliphatic carbocycles. The van der Waals surface area contributed by atoms with Crippen LogP contribution in [0.1, 0.15) is 36.5 Å². The molecule has 2 aromatic carbocycles. The van der Waals surface area contributed by atoms with E-state index < -0.39 is 0 Å². The Hall–Kier alpha value is -2.87. The van der Waals surface area contributed by atoms with Gasteiger partial charge in [0.2, 0.25) is 11.8 Å². The summed E-state index contributed by atoms with van der Waals surface area (Å²) in [6.45, 7) is 2.50. The first-order valence-corrected chi connectivity index (χ1v) is 10.9. The Bertz CT molecular complexity index is 1290. The monoisotopic (exact) mass is 489 g/mol. The van der Waals surface area contributed by atoms with Crippen LogP contribution in [0.5, 0.6) is 5.88 Å². The molecular weight excluding hydrogens is 473 g/mol. The summed E-state index contributed by atoms with van der Waals surface area (Å²) in [5.41, 5.74) is 6.07. The smallest absolute Gasteiger partial charge is 0.240 e. The topological polar surface area (TPSA) is 91.3 Å². The number of hydrogen-bond donors (Lipinski definition) is 2. The number of benzene rings is 2. The van der Waals surface area contributed by atoms with E-state index in [-0.39, 0.29) is 11.8 Å². The molecule has 3 aromatic rings. The second kappa shape index (κ2) is 9.32. The second-order valence-electron chi connectivity index (χ2n) is 7.08. The van der Waals surface area contributed by atoms with Crippen LogP contribution in [-0.4, -0.2) is 33.7 Å². The molecule has 2 N–H and O–H groups in total. The number of rotatable bonds is 5. The van der Waals surface area contributed by atoms with Crippen LogP contribution in [0.3, 0.4) is 0 Å². The minimum atomic E-state index is -0.0929. The van der Waals surface area contributed by atoms with E-state index in [0.29, 0.717) is 45.6 Å². The minimum absolute atomic E-state index is 0.0834. The van der Waals surface area contributed by atoms with Gasteiger partial charge in [-0.2, -0.15) is 15.3 Å². The van der Waals surface area contributed by atoms with Crippen molar-refractivity contribution in [2.45, 2.75) is 26.3 Å². The van der Waals surface area contributed by atoms with Crippen molar-refractivity contribution in [2.24, 2.45) is 15.3 Å². The van der Waals surface area contributed by atoms with Gasteiger partial charge in [-0.15, -0.1) is 0 Å². The van der Waals surface area contributed by atoms with Crippen LogP contribution in [0.25, 0.3) is 10.9 Å². The summed E-state index contributed by atoms with van der Waals surface area (Å²) in [5.74, 6) is -0.00956. The number of amides is 1. The van der Waals surface area contributed by atoms with Gasteiger partial charge in [0.15, 0.2) is 0 Å². The summed E-state index contributed by atoms with van der Waals surface area (Å²) < 4.78 is 1.78. The molecule has 1 aliphatic rings. The van der Waals surface area contributed by atoms with E-state index in [1.54, 1.807) is 16.7 Å². The average Bonchev–Trinajstić information content (AvgIpc) is 3.03. The Labute approximate surface area is 199 Å². The number of fused-ring (bicyclic) bond motifs is 1. The van der Waals surface area contributed by atoms with E-state index in [4.69, 9.17) is 34.8 Å². The number of nitrogens with zero attached hydrogens (tertiary/aromatic N) is 4. The summed E-state index contributed by atoms with van der Waals surface area (Å²) in [6.07, 6.45) is 3.88. The normalized spacial score (nSPS) is 14.5.